The number of piperidine rings is 2. The first-order valence-electron chi connectivity index (χ1n) is 11.8. The van der Waals surface area contributed by atoms with Crippen LogP contribution in [0.4, 0.5) is 17.8 Å². The van der Waals surface area contributed by atoms with Crippen molar-refractivity contribution in [2.45, 2.75) is 38.5 Å². The quantitative estimate of drug-likeness (QED) is 0.355. The molecular formula is C23H30BrN7O4. The van der Waals surface area contributed by atoms with E-state index in [1.54, 1.807) is 18.3 Å². The summed E-state index contributed by atoms with van der Waals surface area (Å²) in [6.07, 6.45) is 8.61. The zero-order valence-corrected chi connectivity index (χ0v) is 21.3. The molecule has 1 aromatic carbocycles. The summed E-state index contributed by atoms with van der Waals surface area (Å²) in [5.41, 5.74) is 3.67. The van der Waals surface area contributed by atoms with Gasteiger partial charge in [0.1, 0.15) is 0 Å². The van der Waals surface area contributed by atoms with E-state index in [0.717, 1.165) is 51.9 Å². The molecule has 0 saturated carbocycles. The Morgan fingerprint density at radius 1 is 1.06 bits per heavy atom. The van der Waals surface area contributed by atoms with E-state index in [2.05, 4.69) is 46.2 Å². The van der Waals surface area contributed by atoms with E-state index in [1.807, 2.05) is 0 Å². The van der Waals surface area contributed by atoms with Gasteiger partial charge in [-0.05, 0) is 72.2 Å². The number of nitrogens with one attached hydrogen (secondary N) is 1. The molecule has 188 valence electrons. The first-order chi connectivity index (χ1) is 17.0. The van der Waals surface area contributed by atoms with Gasteiger partial charge in [-0.15, -0.1) is 0 Å². The average Bonchev–Trinajstić information content (AvgIpc) is 2.88. The Kier molecular flexibility index (Phi) is 8.56. The minimum Gasteiger partial charge on any atom is -0.493 e. The maximum Gasteiger partial charge on any atom is 0.341 e. The minimum atomic E-state index is -1.07. The third-order valence-corrected chi connectivity index (χ3v) is 6.45. The van der Waals surface area contributed by atoms with E-state index in [-0.39, 0.29) is 0 Å². The fourth-order valence-corrected chi connectivity index (χ4v) is 4.70. The smallest absolute Gasteiger partial charge is 0.341 e. The van der Waals surface area contributed by atoms with Crippen molar-refractivity contribution in [2.24, 2.45) is 5.10 Å². The first-order valence-corrected chi connectivity index (χ1v) is 12.6. The highest BCUT2D eigenvalue weighted by atomic mass is 79.9. The number of carboxylic acid groups (broad SMARTS) is 1. The number of aromatic nitrogens is 3. The van der Waals surface area contributed by atoms with Gasteiger partial charge in [0.15, 0.2) is 18.1 Å². The van der Waals surface area contributed by atoms with Crippen molar-refractivity contribution >= 4 is 46.0 Å². The number of aliphatic carboxylic acids is 1. The van der Waals surface area contributed by atoms with Gasteiger partial charge in [-0.1, -0.05) is 0 Å². The molecule has 0 aliphatic carbocycles. The summed E-state index contributed by atoms with van der Waals surface area (Å²) >= 11 is 3.41. The van der Waals surface area contributed by atoms with Crippen molar-refractivity contribution < 1.29 is 19.4 Å². The van der Waals surface area contributed by atoms with Gasteiger partial charge in [0.25, 0.3) is 0 Å². The number of hydrazone groups is 1. The van der Waals surface area contributed by atoms with Crippen molar-refractivity contribution in [2.75, 3.05) is 55.1 Å². The number of nitrogens with zero attached hydrogens (tertiary/aromatic N) is 6. The van der Waals surface area contributed by atoms with E-state index < -0.39 is 12.6 Å². The van der Waals surface area contributed by atoms with Crippen LogP contribution in [-0.4, -0.2) is 72.1 Å². The largest absolute Gasteiger partial charge is 0.493 e. The maximum atomic E-state index is 10.8. The predicted molar refractivity (Wildman–Crippen MR) is 137 cm³/mol. The second-order valence-electron chi connectivity index (χ2n) is 8.44. The summed E-state index contributed by atoms with van der Waals surface area (Å²) in [5, 5.41) is 13.2. The lowest BCUT2D eigenvalue weighted by molar-refractivity contribution is -0.139. The van der Waals surface area contributed by atoms with Crippen LogP contribution in [-0.2, 0) is 4.79 Å². The molecule has 0 radical (unpaired) electrons. The molecule has 3 heterocycles. The van der Waals surface area contributed by atoms with Gasteiger partial charge in [0, 0.05) is 26.2 Å². The number of ether oxygens (including phenoxy) is 2. The number of benzene rings is 1. The Labute approximate surface area is 212 Å². The molecular weight excluding hydrogens is 518 g/mol. The van der Waals surface area contributed by atoms with Crippen LogP contribution in [0.5, 0.6) is 11.5 Å². The van der Waals surface area contributed by atoms with E-state index in [0.29, 0.717) is 39.4 Å². The fraction of sp³-hybridized carbons (Fsp3) is 0.522. The van der Waals surface area contributed by atoms with E-state index in [1.165, 1.54) is 20.0 Å². The zero-order valence-electron chi connectivity index (χ0n) is 19.7. The number of hydrogen-bond acceptors (Lipinski definition) is 10. The lowest BCUT2D eigenvalue weighted by Gasteiger charge is -2.30. The summed E-state index contributed by atoms with van der Waals surface area (Å²) in [5.74, 6) is 1.39. The van der Waals surface area contributed by atoms with Crippen LogP contribution >= 0.6 is 15.9 Å². The van der Waals surface area contributed by atoms with E-state index in [9.17, 15) is 4.79 Å². The normalized spacial score (nSPS) is 16.4. The van der Waals surface area contributed by atoms with Gasteiger partial charge in [-0.2, -0.15) is 20.1 Å². The van der Waals surface area contributed by atoms with Crippen LogP contribution in [0.2, 0.25) is 0 Å². The molecule has 12 heteroatoms. The van der Waals surface area contributed by atoms with Crippen LogP contribution in [0.3, 0.4) is 0 Å². The predicted octanol–water partition coefficient (Wildman–Crippen LogP) is 3.53. The van der Waals surface area contributed by atoms with Crippen molar-refractivity contribution in [1.82, 2.24) is 15.0 Å². The van der Waals surface area contributed by atoms with Crippen LogP contribution in [0.1, 0.15) is 44.1 Å². The van der Waals surface area contributed by atoms with Gasteiger partial charge in [-0.3, -0.25) is 0 Å². The molecule has 2 aliphatic heterocycles. The van der Waals surface area contributed by atoms with Gasteiger partial charge in [-0.25, -0.2) is 10.2 Å². The molecule has 2 aromatic rings. The molecule has 0 atom stereocenters. The number of rotatable bonds is 9. The van der Waals surface area contributed by atoms with Crippen LogP contribution in [0, 0.1) is 0 Å². The van der Waals surface area contributed by atoms with Crippen molar-refractivity contribution in [3.8, 4) is 11.5 Å². The number of carbonyl (C=O) groups is 1. The number of carboxylic acids is 1. The van der Waals surface area contributed by atoms with Crippen LogP contribution < -0.4 is 24.7 Å². The second-order valence-corrected chi connectivity index (χ2v) is 9.30. The minimum absolute atomic E-state index is 0.315. The molecule has 0 amide bonds. The summed E-state index contributed by atoms with van der Waals surface area (Å²) in [6.45, 7) is 3.29. The Morgan fingerprint density at radius 3 is 2.20 bits per heavy atom. The lowest BCUT2D eigenvalue weighted by atomic mass is 10.1. The van der Waals surface area contributed by atoms with Crippen molar-refractivity contribution in [3.05, 3.63) is 22.2 Å². The topological polar surface area (TPSA) is 125 Å². The zero-order chi connectivity index (χ0) is 24.6. The molecule has 0 bridgehead atoms. The summed E-state index contributed by atoms with van der Waals surface area (Å²) in [7, 11) is 1.49. The molecule has 1 aromatic heterocycles. The molecule has 0 unspecified atom stereocenters. The highest BCUT2D eigenvalue weighted by Crippen LogP contribution is 2.36. The Morgan fingerprint density at radius 2 is 1.66 bits per heavy atom. The van der Waals surface area contributed by atoms with E-state index >= 15 is 0 Å². The summed E-state index contributed by atoms with van der Waals surface area (Å²) in [4.78, 5) is 29.3. The van der Waals surface area contributed by atoms with Gasteiger partial charge in [0.05, 0.1) is 17.8 Å². The Balaban J connectivity index is 1.53. The van der Waals surface area contributed by atoms with Crippen LogP contribution in [0.15, 0.2) is 21.7 Å². The number of anilines is 3. The molecule has 2 N–H and O–H groups in total. The monoisotopic (exact) mass is 547 g/mol. The number of hydrogen-bond donors (Lipinski definition) is 2. The number of methoxy groups -OCH3 is 1. The summed E-state index contributed by atoms with van der Waals surface area (Å²) in [6, 6.07) is 3.47. The highest BCUT2D eigenvalue weighted by Gasteiger charge is 2.20. The standard InChI is InChI=1S/C23H30BrN7O4/c1-34-18-13-16(12-17(24)20(18)35-15-19(32)33)14-25-29-21-26-22(30-8-4-2-5-9-30)28-23(27-21)31-10-6-3-7-11-31/h12-14H,2-11,15H2,1H3,(H,32,33)(H,26,27,28,29)/b25-14+. The van der Waals surface area contributed by atoms with Crippen molar-refractivity contribution in [1.29, 1.82) is 0 Å². The molecule has 11 nitrogen and oxygen atoms in total. The summed E-state index contributed by atoms with van der Waals surface area (Å²) < 4.78 is 11.2. The van der Waals surface area contributed by atoms with Crippen LogP contribution in [0.25, 0.3) is 0 Å². The molecule has 4 rings (SSSR count). The Hall–Kier alpha value is -3.15. The molecule has 2 aliphatic rings. The lowest BCUT2D eigenvalue weighted by Crippen LogP contribution is -2.34. The molecule has 2 fully saturated rings. The maximum absolute atomic E-state index is 10.8. The third-order valence-electron chi connectivity index (χ3n) is 5.86. The fourth-order valence-electron chi connectivity index (χ4n) is 4.13. The average molecular weight is 548 g/mol. The van der Waals surface area contributed by atoms with Gasteiger partial charge < -0.3 is 24.4 Å². The van der Waals surface area contributed by atoms with Gasteiger partial charge in [0.2, 0.25) is 17.8 Å². The number of halogens is 1. The molecule has 35 heavy (non-hydrogen) atoms. The third kappa shape index (κ3) is 6.71. The molecule has 2 saturated heterocycles. The Bertz CT molecular complexity index is 1020. The second kappa shape index (κ2) is 12.0. The van der Waals surface area contributed by atoms with Gasteiger partial charge >= 0.3 is 5.97 Å². The van der Waals surface area contributed by atoms with E-state index in [4.69, 9.17) is 19.6 Å². The SMILES string of the molecule is COc1cc(/C=N/Nc2nc(N3CCCCC3)nc(N3CCCCC3)n2)cc(Br)c1OCC(=O)O. The highest BCUT2D eigenvalue weighted by molar-refractivity contribution is 9.10. The molecule has 0 spiro atoms. The first kappa shape index (κ1) is 25.0. The van der Waals surface area contributed by atoms with Crippen molar-refractivity contribution in [3.63, 3.8) is 0 Å².